The van der Waals surface area contributed by atoms with Crippen LogP contribution in [0.4, 0.5) is 5.13 Å². The smallest absolute Gasteiger partial charge is 0.251 e. The second kappa shape index (κ2) is 9.03. The third kappa shape index (κ3) is 4.99. The minimum absolute atomic E-state index is 0.108. The molecule has 0 aliphatic heterocycles. The van der Waals surface area contributed by atoms with Crippen molar-refractivity contribution in [2.75, 3.05) is 18.1 Å². The van der Waals surface area contributed by atoms with Crippen LogP contribution in [-0.4, -0.2) is 29.6 Å². The van der Waals surface area contributed by atoms with Gasteiger partial charge in [-0.15, -0.1) is 23.1 Å². The summed E-state index contributed by atoms with van der Waals surface area (Å²) in [7, 11) is 0. The second-order valence-corrected chi connectivity index (χ2v) is 8.03. The van der Waals surface area contributed by atoms with Crippen LogP contribution in [0.3, 0.4) is 0 Å². The van der Waals surface area contributed by atoms with E-state index in [1.54, 1.807) is 17.8 Å². The molecule has 28 heavy (non-hydrogen) atoms. The second-order valence-electron chi connectivity index (χ2n) is 6.30. The van der Waals surface area contributed by atoms with E-state index in [2.05, 4.69) is 15.6 Å². The van der Waals surface area contributed by atoms with Crippen molar-refractivity contribution in [1.82, 2.24) is 10.3 Å². The Kier molecular flexibility index (Phi) is 6.49. The van der Waals surface area contributed by atoms with E-state index in [9.17, 15) is 9.59 Å². The Hall–Kier alpha value is -2.64. The fourth-order valence-electron chi connectivity index (χ4n) is 2.53. The molecule has 3 rings (SSSR count). The first kappa shape index (κ1) is 20.1. The molecule has 1 aromatic heterocycles. The summed E-state index contributed by atoms with van der Waals surface area (Å²) in [6.07, 6.45) is 2.03. The fourth-order valence-corrected chi connectivity index (χ4v) is 3.68. The quantitative estimate of drug-likeness (QED) is 0.585. The molecule has 0 saturated heterocycles. The number of anilines is 1. The number of nitrogens with one attached hydrogen (secondary N) is 2. The maximum Gasteiger partial charge on any atom is 0.251 e. The Morgan fingerprint density at radius 1 is 1.07 bits per heavy atom. The van der Waals surface area contributed by atoms with Gasteiger partial charge >= 0.3 is 0 Å². The third-order valence-corrected chi connectivity index (χ3v) is 5.82. The van der Waals surface area contributed by atoms with E-state index in [1.807, 2.05) is 61.9 Å². The van der Waals surface area contributed by atoms with Crippen molar-refractivity contribution in [3.63, 3.8) is 0 Å². The molecule has 0 aliphatic carbocycles. The highest BCUT2D eigenvalue weighted by atomic mass is 32.2. The van der Waals surface area contributed by atoms with Crippen molar-refractivity contribution in [2.45, 2.75) is 18.7 Å². The molecule has 0 spiro atoms. The van der Waals surface area contributed by atoms with Gasteiger partial charge in [0.05, 0.1) is 12.2 Å². The van der Waals surface area contributed by atoms with E-state index < -0.39 is 0 Å². The van der Waals surface area contributed by atoms with Crippen LogP contribution in [0.5, 0.6) is 0 Å². The number of aryl methyl sites for hydroxylation is 2. The van der Waals surface area contributed by atoms with Gasteiger partial charge < -0.3 is 10.6 Å². The normalized spacial score (nSPS) is 10.5. The van der Waals surface area contributed by atoms with E-state index in [0.29, 0.717) is 10.7 Å². The van der Waals surface area contributed by atoms with Crippen molar-refractivity contribution >= 4 is 40.0 Å². The van der Waals surface area contributed by atoms with Gasteiger partial charge in [-0.3, -0.25) is 9.59 Å². The average molecular weight is 412 g/mol. The van der Waals surface area contributed by atoms with E-state index in [4.69, 9.17) is 0 Å². The molecular weight excluding hydrogens is 390 g/mol. The predicted molar refractivity (Wildman–Crippen MR) is 116 cm³/mol. The number of aromatic nitrogens is 1. The summed E-state index contributed by atoms with van der Waals surface area (Å²) in [6, 6.07) is 13.6. The minimum Gasteiger partial charge on any atom is -0.343 e. The van der Waals surface area contributed by atoms with Crippen LogP contribution < -0.4 is 10.6 Å². The van der Waals surface area contributed by atoms with Crippen molar-refractivity contribution < 1.29 is 9.59 Å². The first-order valence-corrected chi connectivity index (χ1v) is 10.8. The van der Waals surface area contributed by atoms with Crippen molar-refractivity contribution in [2.24, 2.45) is 0 Å². The molecule has 0 atom stereocenters. The van der Waals surface area contributed by atoms with Gasteiger partial charge in [-0.05, 0) is 55.5 Å². The third-order valence-electron chi connectivity index (χ3n) is 4.31. The van der Waals surface area contributed by atoms with Gasteiger partial charge in [-0.2, -0.15) is 0 Å². The van der Waals surface area contributed by atoms with E-state index >= 15 is 0 Å². The molecule has 0 radical (unpaired) electrons. The zero-order chi connectivity index (χ0) is 20.1. The summed E-state index contributed by atoms with van der Waals surface area (Å²) in [6.45, 7) is 3.83. The largest absolute Gasteiger partial charge is 0.343 e. The monoisotopic (exact) mass is 411 g/mol. The molecule has 3 aromatic rings. The van der Waals surface area contributed by atoms with Gasteiger partial charge in [0.25, 0.3) is 5.91 Å². The standard InChI is InChI=1S/C21H21N3O2S2/c1-13-4-5-16(10-14(13)2)20(26)22-11-19(25)24-21-23-18(12-28-21)15-6-8-17(27-3)9-7-15/h4-10,12H,11H2,1-3H3,(H,22,26)(H,23,24,25). The molecule has 0 aliphatic rings. The first-order valence-electron chi connectivity index (χ1n) is 8.71. The summed E-state index contributed by atoms with van der Waals surface area (Å²) >= 11 is 3.04. The Balaban J connectivity index is 1.55. The summed E-state index contributed by atoms with van der Waals surface area (Å²) < 4.78 is 0. The number of rotatable bonds is 6. The van der Waals surface area contributed by atoms with Crippen LogP contribution in [-0.2, 0) is 4.79 Å². The van der Waals surface area contributed by atoms with Gasteiger partial charge in [0.1, 0.15) is 0 Å². The zero-order valence-corrected chi connectivity index (χ0v) is 17.5. The molecule has 1 heterocycles. The topological polar surface area (TPSA) is 71.1 Å². The highest BCUT2D eigenvalue weighted by molar-refractivity contribution is 7.98. The van der Waals surface area contributed by atoms with Gasteiger partial charge in [0.2, 0.25) is 5.91 Å². The lowest BCUT2D eigenvalue weighted by Crippen LogP contribution is -2.32. The maximum absolute atomic E-state index is 12.2. The van der Waals surface area contributed by atoms with Crippen LogP contribution in [0.1, 0.15) is 21.5 Å². The lowest BCUT2D eigenvalue weighted by atomic mass is 10.1. The number of hydrogen-bond donors (Lipinski definition) is 2. The molecular formula is C21H21N3O2S2. The molecule has 2 aromatic carbocycles. The lowest BCUT2D eigenvalue weighted by Gasteiger charge is -2.07. The Morgan fingerprint density at radius 3 is 2.50 bits per heavy atom. The Bertz CT molecular complexity index is 997. The van der Waals surface area contributed by atoms with Crippen LogP contribution >= 0.6 is 23.1 Å². The molecule has 0 fully saturated rings. The number of nitrogens with zero attached hydrogens (tertiary/aromatic N) is 1. The molecule has 0 bridgehead atoms. The van der Waals surface area contributed by atoms with Crippen LogP contribution in [0.25, 0.3) is 11.3 Å². The SMILES string of the molecule is CSc1ccc(-c2csc(NC(=O)CNC(=O)c3ccc(C)c(C)c3)n2)cc1. The molecule has 5 nitrogen and oxygen atoms in total. The number of carbonyl (C=O) groups is 2. The van der Waals surface area contributed by atoms with E-state index in [1.165, 1.54) is 16.2 Å². The van der Waals surface area contributed by atoms with Crippen LogP contribution in [0.2, 0.25) is 0 Å². The molecule has 7 heteroatoms. The number of thiazole rings is 1. The number of benzene rings is 2. The predicted octanol–water partition coefficient (Wildman–Crippen LogP) is 4.52. The van der Waals surface area contributed by atoms with Crippen molar-refractivity contribution in [3.05, 3.63) is 64.5 Å². The Labute approximate surface area is 172 Å². The molecule has 2 N–H and O–H groups in total. The summed E-state index contributed by atoms with van der Waals surface area (Å²) in [4.78, 5) is 30.0. The molecule has 0 unspecified atom stereocenters. The highest BCUT2D eigenvalue weighted by Gasteiger charge is 2.11. The summed E-state index contributed by atoms with van der Waals surface area (Å²) in [5.41, 5.74) is 4.51. The van der Waals surface area contributed by atoms with E-state index in [0.717, 1.165) is 22.4 Å². The summed E-state index contributed by atoms with van der Waals surface area (Å²) in [5.74, 6) is -0.581. The van der Waals surface area contributed by atoms with Gasteiger partial charge in [-0.25, -0.2) is 4.98 Å². The zero-order valence-electron chi connectivity index (χ0n) is 15.9. The van der Waals surface area contributed by atoms with E-state index in [-0.39, 0.29) is 18.4 Å². The summed E-state index contributed by atoms with van der Waals surface area (Å²) in [5, 5.41) is 7.78. The highest BCUT2D eigenvalue weighted by Crippen LogP contribution is 2.26. The van der Waals surface area contributed by atoms with Gasteiger partial charge in [0, 0.05) is 21.4 Å². The number of carbonyl (C=O) groups excluding carboxylic acids is 2. The first-order chi connectivity index (χ1) is 13.5. The number of hydrogen-bond acceptors (Lipinski definition) is 5. The minimum atomic E-state index is -0.309. The average Bonchev–Trinajstić information content (AvgIpc) is 3.16. The maximum atomic E-state index is 12.2. The van der Waals surface area contributed by atoms with Gasteiger partial charge in [0.15, 0.2) is 5.13 Å². The Morgan fingerprint density at radius 2 is 1.82 bits per heavy atom. The van der Waals surface area contributed by atoms with Crippen LogP contribution in [0.15, 0.2) is 52.7 Å². The molecule has 2 amide bonds. The number of thioether (sulfide) groups is 1. The van der Waals surface area contributed by atoms with Crippen molar-refractivity contribution in [3.8, 4) is 11.3 Å². The fraction of sp³-hybridized carbons (Fsp3) is 0.190. The van der Waals surface area contributed by atoms with Crippen LogP contribution in [0, 0.1) is 13.8 Å². The van der Waals surface area contributed by atoms with Gasteiger partial charge in [-0.1, -0.05) is 18.2 Å². The lowest BCUT2D eigenvalue weighted by molar-refractivity contribution is -0.115. The van der Waals surface area contributed by atoms with Crippen molar-refractivity contribution in [1.29, 1.82) is 0 Å². The molecule has 144 valence electrons. The molecule has 0 saturated carbocycles. The number of amides is 2.